The quantitative estimate of drug-likeness (QED) is 0.646. The summed E-state index contributed by atoms with van der Waals surface area (Å²) >= 11 is 0. The molecule has 0 atom stereocenters. The van der Waals surface area contributed by atoms with E-state index in [0.717, 1.165) is 5.56 Å². The van der Waals surface area contributed by atoms with Crippen molar-refractivity contribution in [3.63, 3.8) is 0 Å². The van der Waals surface area contributed by atoms with E-state index in [-0.39, 0.29) is 23.8 Å². The van der Waals surface area contributed by atoms with E-state index in [0.29, 0.717) is 24.2 Å². The Morgan fingerprint density at radius 3 is 2.82 bits per heavy atom. The molecule has 2 aromatic rings. The fraction of sp³-hybridized carbons (Fsp3) is 0.188. The minimum absolute atomic E-state index is 0.0378. The van der Waals surface area contributed by atoms with Gasteiger partial charge < -0.3 is 4.90 Å². The topological polar surface area (TPSA) is 63.5 Å². The van der Waals surface area contributed by atoms with E-state index in [1.807, 2.05) is 0 Å². The Hall–Kier alpha value is -2.76. The molecule has 0 spiro atoms. The molecule has 1 amide bonds. The number of anilines is 1. The summed E-state index contributed by atoms with van der Waals surface area (Å²) in [5.41, 5.74) is 2.04. The van der Waals surface area contributed by atoms with Gasteiger partial charge in [-0.15, -0.1) is 0 Å². The lowest BCUT2D eigenvalue weighted by Crippen LogP contribution is -2.30. The highest BCUT2D eigenvalue weighted by atomic mass is 19.1. The summed E-state index contributed by atoms with van der Waals surface area (Å²) in [6.45, 7) is 0.491. The van der Waals surface area contributed by atoms with Crippen molar-refractivity contribution in [1.29, 1.82) is 0 Å². The largest absolute Gasteiger partial charge is 0.311 e. The molecule has 6 heteroatoms. The van der Waals surface area contributed by atoms with Crippen molar-refractivity contribution in [2.75, 3.05) is 11.4 Å². The molecule has 0 aliphatic carbocycles. The lowest BCUT2D eigenvalue weighted by atomic mass is 10.1. The monoisotopic (exact) mass is 300 g/mol. The van der Waals surface area contributed by atoms with E-state index < -0.39 is 4.92 Å². The van der Waals surface area contributed by atoms with E-state index in [2.05, 4.69) is 0 Å². The molecule has 0 fully saturated rings. The zero-order valence-electron chi connectivity index (χ0n) is 11.7. The van der Waals surface area contributed by atoms with Gasteiger partial charge in [0.1, 0.15) is 5.82 Å². The van der Waals surface area contributed by atoms with Crippen LogP contribution in [0, 0.1) is 15.9 Å². The molecule has 0 radical (unpaired) electrons. The van der Waals surface area contributed by atoms with Crippen LogP contribution in [0.25, 0.3) is 0 Å². The number of non-ortho nitro benzene ring substituents is 1. The Bertz CT molecular complexity index is 761. The summed E-state index contributed by atoms with van der Waals surface area (Å²) in [5.74, 6) is -0.576. The third kappa shape index (κ3) is 2.67. The summed E-state index contributed by atoms with van der Waals surface area (Å²) < 4.78 is 13.2. The second-order valence-corrected chi connectivity index (χ2v) is 5.17. The Kier molecular flexibility index (Phi) is 3.58. The van der Waals surface area contributed by atoms with Gasteiger partial charge in [0.25, 0.3) is 5.69 Å². The van der Waals surface area contributed by atoms with E-state index in [4.69, 9.17) is 0 Å². The van der Waals surface area contributed by atoms with Crippen LogP contribution in [0.4, 0.5) is 15.8 Å². The average molecular weight is 300 g/mol. The van der Waals surface area contributed by atoms with Gasteiger partial charge in [-0.05, 0) is 29.7 Å². The van der Waals surface area contributed by atoms with Gasteiger partial charge in [-0.2, -0.15) is 0 Å². The number of hydrogen-bond acceptors (Lipinski definition) is 3. The number of nitrogens with zero attached hydrogens (tertiary/aromatic N) is 2. The summed E-state index contributed by atoms with van der Waals surface area (Å²) in [6.07, 6.45) is 0.738. The van der Waals surface area contributed by atoms with E-state index in [1.165, 1.54) is 29.2 Å². The fourth-order valence-electron chi connectivity index (χ4n) is 2.66. The first-order valence-corrected chi connectivity index (χ1v) is 6.87. The summed E-state index contributed by atoms with van der Waals surface area (Å²) in [6, 6.07) is 10.4. The zero-order valence-corrected chi connectivity index (χ0v) is 11.7. The number of carbonyl (C=O) groups excluding carboxylic acids is 1. The summed E-state index contributed by atoms with van der Waals surface area (Å²) in [5, 5.41) is 10.9. The van der Waals surface area contributed by atoms with E-state index >= 15 is 0 Å². The van der Waals surface area contributed by atoms with Gasteiger partial charge in [0.2, 0.25) is 5.91 Å². The van der Waals surface area contributed by atoms with Crippen LogP contribution in [0.2, 0.25) is 0 Å². The van der Waals surface area contributed by atoms with Crippen molar-refractivity contribution < 1.29 is 14.1 Å². The molecule has 1 aliphatic heterocycles. The highest BCUT2D eigenvalue weighted by Gasteiger charge is 2.26. The Morgan fingerprint density at radius 2 is 2.09 bits per heavy atom. The highest BCUT2D eigenvalue weighted by Crippen LogP contribution is 2.32. The summed E-state index contributed by atoms with van der Waals surface area (Å²) in [4.78, 5) is 24.3. The lowest BCUT2D eigenvalue weighted by molar-refractivity contribution is -0.384. The molecule has 22 heavy (non-hydrogen) atoms. The van der Waals surface area contributed by atoms with Crippen LogP contribution in [0.15, 0.2) is 42.5 Å². The maximum atomic E-state index is 13.2. The van der Waals surface area contributed by atoms with Gasteiger partial charge in [-0.3, -0.25) is 14.9 Å². The zero-order chi connectivity index (χ0) is 15.7. The minimum atomic E-state index is -0.478. The predicted molar refractivity (Wildman–Crippen MR) is 79.3 cm³/mol. The van der Waals surface area contributed by atoms with Gasteiger partial charge in [-0.1, -0.05) is 18.2 Å². The van der Waals surface area contributed by atoms with Crippen LogP contribution >= 0.6 is 0 Å². The molecule has 0 aromatic heterocycles. The third-order valence-corrected chi connectivity index (χ3v) is 3.72. The molecule has 0 bridgehead atoms. The first-order chi connectivity index (χ1) is 10.5. The van der Waals surface area contributed by atoms with Gasteiger partial charge in [0.05, 0.1) is 17.0 Å². The van der Waals surface area contributed by atoms with Crippen LogP contribution in [-0.4, -0.2) is 17.4 Å². The van der Waals surface area contributed by atoms with Crippen LogP contribution in [0.1, 0.15) is 11.1 Å². The number of nitro benzene ring substituents is 1. The Morgan fingerprint density at radius 1 is 1.27 bits per heavy atom. The van der Waals surface area contributed by atoms with Crippen molar-refractivity contribution in [3.8, 4) is 0 Å². The van der Waals surface area contributed by atoms with Gasteiger partial charge >= 0.3 is 0 Å². The molecule has 1 aliphatic rings. The fourth-order valence-corrected chi connectivity index (χ4v) is 2.66. The van der Waals surface area contributed by atoms with Crippen molar-refractivity contribution >= 4 is 17.3 Å². The Labute approximate surface area is 126 Å². The standard InChI is InChI=1S/C16H13FN2O3/c17-13-3-1-2-11(8-13)9-16(20)18-7-6-12-4-5-14(19(21)22)10-15(12)18/h1-5,8,10H,6-7,9H2. The van der Waals surface area contributed by atoms with Crippen LogP contribution in [0.5, 0.6) is 0 Å². The normalized spacial score (nSPS) is 13.0. The summed E-state index contributed by atoms with van der Waals surface area (Å²) in [7, 11) is 0. The molecule has 0 unspecified atom stereocenters. The number of fused-ring (bicyclic) bond motifs is 1. The van der Waals surface area contributed by atoms with Crippen LogP contribution in [0.3, 0.4) is 0 Å². The SMILES string of the molecule is O=C(Cc1cccc(F)c1)N1CCc2ccc([N+](=O)[O-])cc21. The van der Waals surface area contributed by atoms with Gasteiger partial charge in [0, 0.05) is 18.7 Å². The minimum Gasteiger partial charge on any atom is -0.311 e. The molecular formula is C16H13FN2O3. The lowest BCUT2D eigenvalue weighted by Gasteiger charge is -2.17. The molecule has 2 aromatic carbocycles. The number of halogens is 1. The first kappa shape index (κ1) is 14.2. The molecular weight excluding hydrogens is 287 g/mol. The Balaban J connectivity index is 1.84. The van der Waals surface area contributed by atoms with Crippen LogP contribution in [-0.2, 0) is 17.6 Å². The maximum Gasteiger partial charge on any atom is 0.271 e. The number of nitro groups is 1. The molecule has 112 valence electrons. The van der Waals surface area contributed by atoms with Crippen molar-refractivity contribution in [2.24, 2.45) is 0 Å². The number of rotatable bonds is 3. The smallest absolute Gasteiger partial charge is 0.271 e. The second-order valence-electron chi connectivity index (χ2n) is 5.17. The number of hydrogen-bond donors (Lipinski definition) is 0. The van der Waals surface area contributed by atoms with E-state index in [9.17, 15) is 19.3 Å². The van der Waals surface area contributed by atoms with Gasteiger partial charge in [-0.25, -0.2) is 4.39 Å². The van der Waals surface area contributed by atoms with E-state index in [1.54, 1.807) is 18.2 Å². The second kappa shape index (κ2) is 5.55. The van der Waals surface area contributed by atoms with Crippen molar-refractivity contribution in [3.05, 3.63) is 69.5 Å². The molecule has 5 nitrogen and oxygen atoms in total. The third-order valence-electron chi connectivity index (χ3n) is 3.72. The average Bonchev–Trinajstić information content (AvgIpc) is 2.90. The molecule has 0 saturated carbocycles. The van der Waals surface area contributed by atoms with Gasteiger partial charge in [0.15, 0.2) is 0 Å². The molecule has 1 heterocycles. The number of amides is 1. The van der Waals surface area contributed by atoms with Crippen molar-refractivity contribution in [2.45, 2.75) is 12.8 Å². The number of carbonyl (C=O) groups is 1. The first-order valence-electron chi connectivity index (χ1n) is 6.87. The van der Waals surface area contributed by atoms with Crippen LogP contribution < -0.4 is 4.90 Å². The molecule has 0 N–H and O–H groups in total. The van der Waals surface area contributed by atoms with Crippen molar-refractivity contribution in [1.82, 2.24) is 0 Å². The highest BCUT2D eigenvalue weighted by molar-refractivity contribution is 5.97. The maximum absolute atomic E-state index is 13.2. The predicted octanol–water partition coefficient (Wildman–Crippen LogP) is 2.87. The molecule has 0 saturated heterocycles. The molecule has 3 rings (SSSR count). The number of benzene rings is 2.